The van der Waals surface area contributed by atoms with Gasteiger partial charge in [-0.2, -0.15) is 0 Å². The lowest BCUT2D eigenvalue weighted by Gasteiger charge is -2.19. The van der Waals surface area contributed by atoms with Crippen molar-refractivity contribution in [2.75, 3.05) is 0 Å². The molecule has 0 unspecified atom stereocenters. The molecular weight excluding hydrogens is 334 g/mol. The molecule has 27 heavy (non-hydrogen) atoms. The first kappa shape index (κ1) is 26.1. The molecule has 0 aromatic rings. The molecule has 160 valence electrons. The van der Waals surface area contributed by atoms with Gasteiger partial charge < -0.3 is 5.32 Å². The van der Waals surface area contributed by atoms with Crippen LogP contribution in [0.2, 0.25) is 0 Å². The molecule has 0 aliphatic heterocycles. The van der Waals surface area contributed by atoms with Gasteiger partial charge in [-0.05, 0) is 19.3 Å². The Kier molecular flexibility index (Phi) is 17.9. The molecule has 0 bridgehead atoms. The summed E-state index contributed by atoms with van der Waals surface area (Å²) in [4.78, 5) is 23.5. The Morgan fingerprint density at radius 2 is 1.04 bits per heavy atom. The van der Waals surface area contributed by atoms with E-state index in [-0.39, 0.29) is 23.7 Å². The van der Waals surface area contributed by atoms with Gasteiger partial charge in [0.15, 0.2) is 5.78 Å². The topological polar surface area (TPSA) is 46.2 Å². The van der Waals surface area contributed by atoms with Crippen molar-refractivity contribution >= 4 is 11.7 Å². The number of Topliss-reactive ketones (excluding diaryl/α,β-unsaturated/α-hetero) is 1. The van der Waals surface area contributed by atoms with Crippen molar-refractivity contribution in [1.82, 2.24) is 5.32 Å². The number of hydrogen-bond donors (Lipinski definition) is 1. The van der Waals surface area contributed by atoms with E-state index in [4.69, 9.17) is 0 Å². The zero-order valence-electron chi connectivity index (χ0n) is 18.8. The van der Waals surface area contributed by atoms with Gasteiger partial charge in [0.2, 0.25) is 5.91 Å². The van der Waals surface area contributed by atoms with Crippen LogP contribution in [0.5, 0.6) is 0 Å². The summed E-state index contributed by atoms with van der Waals surface area (Å²) in [5.41, 5.74) is 0. The van der Waals surface area contributed by atoms with Gasteiger partial charge in [-0.15, -0.1) is 0 Å². The van der Waals surface area contributed by atoms with Crippen LogP contribution in [-0.2, 0) is 9.59 Å². The van der Waals surface area contributed by atoms with Crippen LogP contribution in [0.4, 0.5) is 0 Å². The number of rotatable bonds is 19. The first-order chi connectivity index (χ1) is 13.0. The molecule has 1 N–H and O–H groups in total. The number of carbonyl (C=O) groups excluding carboxylic acids is 2. The molecule has 3 nitrogen and oxygen atoms in total. The summed E-state index contributed by atoms with van der Waals surface area (Å²) in [7, 11) is 0. The van der Waals surface area contributed by atoms with Crippen LogP contribution in [-0.4, -0.2) is 17.7 Å². The first-order valence-electron chi connectivity index (χ1n) is 11.8. The number of unbranched alkanes of at least 4 members (excludes halogenated alkanes) is 14. The second kappa shape index (κ2) is 18.5. The highest BCUT2D eigenvalue weighted by Gasteiger charge is 2.19. The molecule has 0 aliphatic carbocycles. The van der Waals surface area contributed by atoms with Crippen molar-refractivity contribution in [2.24, 2.45) is 5.92 Å². The minimum atomic E-state index is -0.325. The van der Waals surface area contributed by atoms with Gasteiger partial charge in [0.1, 0.15) is 0 Å². The molecule has 0 rings (SSSR count). The highest BCUT2D eigenvalue weighted by molar-refractivity contribution is 5.87. The molecule has 0 saturated carbocycles. The Balaban J connectivity index is 3.35. The van der Waals surface area contributed by atoms with Gasteiger partial charge in [-0.1, -0.05) is 111 Å². The van der Waals surface area contributed by atoms with Crippen LogP contribution in [0.15, 0.2) is 0 Å². The summed E-state index contributed by atoms with van der Waals surface area (Å²) >= 11 is 0. The largest absolute Gasteiger partial charge is 0.346 e. The summed E-state index contributed by atoms with van der Waals surface area (Å²) in [5, 5.41) is 2.88. The van der Waals surface area contributed by atoms with E-state index >= 15 is 0 Å². The molecule has 0 aromatic carbocycles. The standard InChI is InChI=1S/C24H47NO2/c1-5-6-7-8-9-10-11-12-13-14-15-16-17-18-19-20-23(27)25-24(21(2)3)22(4)26/h21,24H,5-20H2,1-4H3,(H,25,27)/t24-/m0/s1. The Labute approximate surface area is 169 Å². The average molecular weight is 382 g/mol. The SMILES string of the molecule is CCCCCCCCCCCCCCCCCC(=O)N[C@H](C(C)=O)C(C)C. The highest BCUT2D eigenvalue weighted by atomic mass is 16.2. The van der Waals surface area contributed by atoms with E-state index in [1.807, 2.05) is 13.8 Å². The maximum Gasteiger partial charge on any atom is 0.220 e. The van der Waals surface area contributed by atoms with Gasteiger partial charge in [0.25, 0.3) is 0 Å². The summed E-state index contributed by atoms with van der Waals surface area (Å²) < 4.78 is 0. The molecular formula is C24H47NO2. The minimum absolute atomic E-state index is 0.0265. The van der Waals surface area contributed by atoms with Crippen molar-refractivity contribution in [3.63, 3.8) is 0 Å². The summed E-state index contributed by atoms with van der Waals surface area (Å²) in [5.74, 6) is 0.237. The molecule has 0 fully saturated rings. The van der Waals surface area contributed by atoms with Crippen LogP contribution >= 0.6 is 0 Å². The van der Waals surface area contributed by atoms with Crippen LogP contribution in [0, 0.1) is 5.92 Å². The summed E-state index contributed by atoms with van der Waals surface area (Å²) in [6, 6.07) is -0.325. The third-order valence-corrected chi connectivity index (χ3v) is 5.43. The molecule has 0 spiro atoms. The lowest BCUT2D eigenvalue weighted by Crippen LogP contribution is -2.43. The normalized spacial score (nSPS) is 12.3. The Morgan fingerprint density at radius 3 is 1.37 bits per heavy atom. The van der Waals surface area contributed by atoms with Crippen molar-refractivity contribution in [3.8, 4) is 0 Å². The second-order valence-electron chi connectivity index (χ2n) is 8.60. The Hall–Kier alpha value is -0.860. The molecule has 0 saturated heterocycles. The van der Waals surface area contributed by atoms with E-state index < -0.39 is 0 Å². The third-order valence-electron chi connectivity index (χ3n) is 5.43. The fourth-order valence-corrected chi connectivity index (χ4v) is 3.64. The number of carbonyl (C=O) groups is 2. The summed E-state index contributed by atoms with van der Waals surface area (Å²) in [6.07, 6.45) is 20.5. The van der Waals surface area contributed by atoms with Crippen LogP contribution in [0.3, 0.4) is 0 Å². The van der Waals surface area contributed by atoms with Gasteiger partial charge >= 0.3 is 0 Å². The minimum Gasteiger partial charge on any atom is -0.346 e. The highest BCUT2D eigenvalue weighted by Crippen LogP contribution is 2.13. The number of ketones is 1. The quantitative estimate of drug-likeness (QED) is 0.245. The Bertz CT molecular complexity index is 365. The van der Waals surface area contributed by atoms with Crippen LogP contribution in [0.1, 0.15) is 130 Å². The smallest absolute Gasteiger partial charge is 0.220 e. The zero-order chi connectivity index (χ0) is 20.3. The molecule has 1 atom stereocenters. The van der Waals surface area contributed by atoms with Crippen molar-refractivity contribution < 1.29 is 9.59 Å². The van der Waals surface area contributed by atoms with Crippen molar-refractivity contribution in [1.29, 1.82) is 0 Å². The number of nitrogens with one attached hydrogen (secondary N) is 1. The fourth-order valence-electron chi connectivity index (χ4n) is 3.64. The van der Waals surface area contributed by atoms with E-state index in [0.29, 0.717) is 6.42 Å². The number of hydrogen-bond acceptors (Lipinski definition) is 2. The van der Waals surface area contributed by atoms with Gasteiger partial charge in [0, 0.05) is 6.42 Å². The summed E-state index contributed by atoms with van der Waals surface area (Å²) in [6.45, 7) is 7.77. The molecule has 0 aromatic heterocycles. The van der Waals surface area contributed by atoms with E-state index in [1.165, 1.54) is 83.5 Å². The van der Waals surface area contributed by atoms with Crippen molar-refractivity contribution in [3.05, 3.63) is 0 Å². The van der Waals surface area contributed by atoms with Gasteiger partial charge in [0.05, 0.1) is 6.04 Å². The van der Waals surface area contributed by atoms with Crippen LogP contribution in [0.25, 0.3) is 0 Å². The fraction of sp³-hybridized carbons (Fsp3) is 0.917. The predicted molar refractivity (Wildman–Crippen MR) is 117 cm³/mol. The predicted octanol–water partition coefficient (Wildman–Crippen LogP) is 6.98. The molecule has 0 aliphatic rings. The Morgan fingerprint density at radius 1 is 0.667 bits per heavy atom. The monoisotopic (exact) mass is 381 g/mol. The van der Waals surface area contributed by atoms with Crippen molar-refractivity contribution in [2.45, 2.75) is 136 Å². The molecule has 1 amide bonds. The van der Waals surface area contributed by atoms with E-state index in [1.54, 1.807) is 6.92 Å². The van der Waals surface area contributed by atoms with Crippen LogP contribution < -0.4 is 5.32 Å². The van der Waals surface area contributed by atoms with Gasteiger partial charge in [-0.3, -0.25) is 9.59 Å². The molecule has 3 heteroatoms. The molecule has 0 radical (unpaired) electrons. The maximum atomic E-state index is 11.9. The van der Waals surface area contributed by atoms with E-state index in [9.17, 15) is 9.59 Å². The second-order valence-corrected chi connectivity index (χ2v) is 8.60. The van der Waals surface area contributed by atoms with E-state index in [2.05, 4.69) is 12.2 Å². The third kappa shape index (κ3) is 17.0. The average Bonchev–Trinajstić information content (AvgIpc) is 2.62. The lowest BCUT2D eigenvalue weighted by molar-refractivity contribution is -0.127. The first-order valence-corrected chi connectivity index (χ1v) is 11.8. The lowest BCUT2D eigenvalue weighted by atomic mass is 10.0. The number of amides is 1. The van der Waals surface area contributed by atoms with Gasteiger partial charge in [-0.25, -0.2) is 0 Å². The zero-order valence-corrected chi connectivity index (χ0v) is 18.8. The maximum absolute atomic E-state index is 11.9. The van der Waals surface area contributed by atoms with E-state index in [0.717, 1.165) is 12.8 Å². The molecule has 0 heterocycles.